The maximum absolute atomic E-state index is 12.8. The molecule has 2 aliphatic rings. The topological polar surface area (TPSA) is 61.4 Å². The highest BCUT2D eigenvalue weighted by Gasteiger charge is 2.36. The lowest BCUT2D eigenvalue weighted by Crippen LogP contribution is -2.46. The Bertz CT molecular complexity index is 662. The number of fused-ring (bicyclic) bond motifs is 1. The smallest absolute Gasteiger partial charge is 0.261 e. The number of amides is 2. The van der Waals surface area contributed by atoms with Crippen molar-refractivity contribution in [3.8, 4) is 0 Å². The molecule has 2 fully saturated rings. The zero-order valence-corrected chi connectivity index (χ0v) is 16.5. The molecule has 0 bridgehead atoms. The molecule has 0 aromatic carbocycles. The molecule has 6 heteroatoms. The first-order valence-electron chi connectivity index (χ1n) is 9.22. The Morgan fingerprint density at radius 1 is 1.20 bits per heavy atom. The molecular formula is C19H29N3O2S. The van der Waals surface area contributed by atoms with Crippen LogP contribution in [0.4, 0.5) is 5.00 Å². The van der Waals surface area contributed by atoms with Gasteiger partial charge in [-0.2, -0.15) is 0 Å². The van der Waals surface area contributed by atoms with Crippen molar-refractivity contribution in [3.63, 3.8) is 0 Å². The summed E-state index contributed by atoms with van der Waals surface area (Å²) in [5.41, 5.74) is 0.472. The number of aryl methyl sites for hydroxylation is 1. The summed E-state index contributed by atoms with van der Waals surface area (Å²) >= 11 is 1.37. The van der Waals surface area contributed by atoms with Crippen molar-refractivity contribution in [2.24, 2.45) is 5.41 Å². The molecule has 1 aromatic rings. The summed E-state index contributed by atoms with van der Waals surface area (Å²) in [7, 11) is 0. The molecular weight excluding hydrogens is 334 g/mol. The minimum absolute atomic E-state index is 0.00354. The van der Waals surface area contributed by atoms with E-state index in [9.17, 15) is 9.59 Å². The number of hydrogen-bond acceptors (Lipinski definition) is 4. The van der Waals surface area contributed by atoms with E-state index in [1.165, 1.54) is 30.6 Å². The normalized spacial score (nSPS) is 24.0. The van der Waals surface area contributed by atoms with Crippen LogP contribution in [0.2, 0.25) is 0 Å². The fraction of sp³-hybridized carbons (Fsp3) is 0.684. The fourth-order valence-corrected chi connectivity index (χ4v) is 4.69. The molecule has 0 unspecified atom stereocenters. The van der Waals surface area contributed by atoms with Crippen LogP contribution < -0.4 is 10.6 Å². The zero-order valence-electron chi connectivity index (χ0n) is 15.6. The van der Waals surface area contributed by atoms with Gasteiger partial charge in [0.25, 0.3) is 5.91 Å². The summed E-state index contributed by atoms with van der Waals surface area (Å²) in [6, 6.07) is 2.64. The average molecular weight is 364 g/mol. The Balaban J connectivity index is 1.65. The highest BCUT2D eigenvalue weighted by Crippen LogP contribution is 2.30. The summed E-state index contributed by atoms with van der Waals surface area (Å²) in [5, 5.41) is 6.92. The molecule has 138 valence electrons. The third kappa shape index (κ3) is 4.06. The molecule has 3 heterocycles. The van der Waals surface area contributed by atoms with Crippen LogP contribution in [0.3, 0.4) is 0 Å². The number of rotatable bonds is 3. The highest BCUT2D eigenvalue weighted by molar-refractivity contribution is 7.18. The van der Waals surface area contributed by atoms with Gasteiger partial charge in [0.2, 0.25) is 5.91 Å². The lowest BCUT2D eigenvalue weighted by molar-refractivity contribution is -0.123. The van der Waals surface area contributed by atoms with E-state index in [4.69, 9.17) is 0 Å². The lowest BCUT2D eigenvalue weighted by Gasteiger charge is -2.32. The Morgan fingerprint density at radius 2 is 1.96 bits per heavy atom. The molecule has 0 radical (unpaired) electrons. The monoisotopic (exact) mass is 363 g/mol. The minimum Gasteiger partial charge on any atom is -0.347 e. The summed E-state index contributed by atoms with van der Waals surface area (Å²) in [5.74, 6) is -0.0365. The van der Waals surface area contributed by atoms with Crippen molar-refractivity contribution in [1.82, 2.24) is 10.2 Å². The van der Waals surface area contributed by atoms with Gasteiger partial charge in [-0.25, -0.2) is 0 Å². The Hall–Kier alpha value is -1.40. The van der Waals surface area contributed by atoms with Crippen molar-refractivity contribution in [2.45, 2.75) is 65.5 Å². The standard InChI is InChI=1S/C19H29N3O2S/c1-12-11-15(21-18(24)19(2,3)4)25-16(12)17(23)20-13-8-10-22-9-6-5-7-14(13)22/h11,13-14H,5-10H2,1-4H3,(H,20,23)(H,21,24)/t13-,14-/m1/s1. The van der Waals surface area contributed by atoms with E-state index < -0.39 is 5.41 Å². The van der Waals surface area contributed by atoms with Gasteiger partial charge in [0.1, 0.15) is 0 Å². The van der Waals surface area contributed by atoms with Gasteiger partial charge in [-0.3, -0.25) is 14.5 Å². The molecule has 2 amide bonds. The fourth-order valence-electron chi connectivity index (χ4n) is 3.72. The number of carbonyl (C=O) groups excluding carboxylic acids is 2. The van der Waals surface area contributed by atoms with Crippen LogP contribution in [0.25, 0.3) is 0 Å². The van der Waals surface area contributed by atoms with Gasteiger partial charge >= 0.3 is 0 Å². The van der Waals surface area contributed by atoms with Crippen LogP contribution in [-0.4, -0.2) is 41.9 Å². The van der Waals surface area contributed by atoms with Gasteiger partial charge in [-0.05, 0) is 44.4 Å². The Morgan fingerprint density at radius 3 is 2.68 bits per heavy atom. The molecule has 0 spiro atoms. The zero-order chi connectivity index (χ0) is 18.2. The van der Waals surface area contributed by atoms with E-state index in [0.29, 0.717) is 10.9 Å². The highest BCUT2D eigenvalue weighted by atomic mass is 32.1. The summed E-state index contributed by atoms with van der Waals surface area (Å²) in [6.45, 7) is 9.83. The van der Waals surface area contributed by atoms with Crippen molar-refractivity contribution in [2.75, 3.05) is 18.4 Å². The van der Waals surface area contributed by atoms with E-state index in [2.05, 4.69) is 15.5 Å². The summed E-state index contributed by atoms with van der Waals surface area (Å²) in [4.78, 5) is 28.1. The first-order valence-corrected chi connectivity index (χ1v) is 10.0. The first kappa shape index (κ1) is 18.4. The van der Waals surface area contributed by atoms with Crippen molar-refractivity contribution >= 4 is 28.2 Å². The first-order chi connectivity index (χ1) is 11.8. The molecule has 3 rings (SSSR count). The second-order valence-electron chi connectivity index (χ2n) is 8.29. The van der Waals surface area contributed by atoms with Gasteiger partial charge in [0, 0.05) is 24.0 Å². The quantitative estimate of drug-likeness (QED) is 0.865. The molecule has 5 nitrogen and oxygen atoms in total. The van der Waals surface area contributed by atoms with Crippen LogP contribution in [0.5, 0.6) is 0 Å². The maximum atomic E-state index is 12.8. The largest absolute Gasteiger partial charge is 0.347 e. The molecule has 0 aliphatic carbocycles. The average Bonchev–Trinajstić information content (AvgIpc) is 3.10. The number of nitrogens with one attached hydrogen (secondary N) is 2. The number of nitrogens with zero attached hydrogens (tertiary/aromatic N) is 1. The molecule has 2 N–H and O–H groups in total. The number of hydrogen-bond donors (Lipinski definition) is 2. The number of thiophene rings is 1. The van der Waals surface area contributed by atoms with E-state index in [-0.39, 0.29) is 17.9 Å². The van der Waals surface area contributed by atoms with Crippen LogP contribution in [0, 0.1) is 12.3 Å². The van der Waals surface area contributed by atoms with Crippen molar-refractivity contribution < 1.29 is 9.59 Å². The molecule has 2 atom stereocenters. The van der Waals surface area contributed by atoms with Crippen LogP contribution in [0.1, 0.15) is 61.7 Å². The van der Waals surface area contributed by atoms with Crippen molar-refractivity contribution in [1.29, 1.82) is 0 Å². The molecule has 0 saturated carbocycles. The van der Waals surface area contributed by atoms with E-state index in [1.54, 1.807) is 0 Å². The third-order valence-corrected chi connectivity index (χ3v) is 6.37. The van der Waals surface area contributed by atoms with E-state index in [0.717, 1.165) is 30.1 Å². The number of carbonyl (C=O) groups is 2. The number of anilines is 1. The van der Waals surface area contributed by atoms with E-state index in [1.807, 2.05) is 33.8 Å². The van der Waals surface area contributed by atoms with Gasteiger partial charge in [0.15, 0.2) is 0 Å². The predicted octanol–water partition coefficient (Wildman–Crippen LogP) is 3.40. The molecule has 2 aliphatic heterocycles. The van der Waals surface area contributed by atoms with Gasteiger partial charge in [0.05, 0.1) is 9.88 Å². The third-order valence-electron chi connectivity index (χ3n) is 5.21. The summed E-state index contributed by atoms with van der Waals surface area (Å²) in [6.07, 6.45) is 4.75. The Kier molecular flexibility index (Phi) is 5.21. The van der Waals surface area contributed by atoms with Crippen LogP contribution >= 0.6 is 11.3 Å². The van der Waals surface area contributed by atoms with Crippen LogP contribution in [-0.2, 0) is 4.79 Å². The van der Waals surface area contributed by atoms with Gasteiger partial charge < -0.3 is 10.6 Å². The van der Waals surface area contributed by atoms with Crippen LogP contribution in [0.15, 0.2) is 6.07 Å². The minimum atomic E-state index is -0.450. The second-order valence-corrected chi connectivity index (χ2v) is 9.35. The molecule has 2 saturated heterocycles. The lowest BCUT2D eigenvalue weighted by atomic mass is 9.96. The van der Waals surface area contributed by atoms with Gasteiger partial charge in [-0.1, -0.05) is 27.2 Å². The number of piperidine rings is 1. The van der Waals surface area contributed by atoms with Crippen molar-refractivity contribution in [3.05, 3.63) is 16.5 Å². The van der Waals surface area contributed by atoms with E-state index >= 15 is 0 Å². The predicted molar refractivity (Wildman–Crippen MR) is 102 cm³/mol. The maximum Gasteiger partial charge on any atom is 0.261 e. The second kappa shape index (κ2) is 7.08. The SMILES string of the molecule is Cc1cc(NC(=O)C(C)(C)C)sc1C(=O)N[C@@H]1CCN2CCCC[C@H]12. The molecule has 25 heavy (non-hydrogen) atoms. The van der Waals surface area contributed by atoms with Gasteiger partial charge in [-0.15, -0.1) is 11.3 Å². The summed E-state index contributed by atoms with van der Waals surface area (Å²) < 4.78 is 0. The Labute approximate surface area is 154 Å². The molecule has 1 aromatic heterocycles.